The van der Waals surface area contributed by atoms with Crippen LogP contribution in [0.15, 0.2) is 36.4 Å². The van der Waals surface area contributed by atoms with Crippen molar-refractivity contribution >= 4 is 16.7 Å². The van der Waals surface area contributed by atoms with E-state index in [9.17, 15) is 9.90 Å². The molecule has 0 saturated carbocycles. The minimum atomic E-state index is -1.02. The second kappa shape index (κ2) is 4.87. The molecular formula is C14H13O3. The standard InChI is InChI=1S/C14H13O3/c1-17-13-4-2-3-11-9-10(5-7-12(11)13)6-8-14(15)16/h2-5,7,9H,6,8H2,1H3. The number of carbonyl (C=O) groups excluding carboxylic acids is 1. The molecule has 0 N–H and O–H groups in total. The molecular weight excluding hydrogens is 216 g/mol. The van der Waals surface area contributed by atoms with E-state index in [4.69, 9.17) is 4.74 Å². The Morgan fingerprint density at radius 3 is 2.76 bits per heavy atom. The van der Waals surface area contributed by atoms with Gasteiger partial charge in [-0.15, -0.1) is 0 Å². The average Bonchev–Trinajstić information content (AvgIpc) is 2.35. The minimum Gasteiger partial charge on any atom is -0.496 e. The van der Waals surface area contributed by atoms with Crippen LogP contribution in [-0.2, 0) is 16.3 Å². The Morgan fingerprint density at radius 2 is 2.06 bits per heavy atom. The molecule has 2 aromatic carbocycles. The molecule has 2 aromatic rings. The van der Waals surface area contributed by atoms with Crippen molar-refractivity contribution in [3.63, 3.8) is 0 Å². The van der Waals surface area contributed by atoms with Crippen molar-refractivity contribution in [2.24, 2.45) is 0 Å². The van der Waals surface area contributed by atoms with E-state index < -0.39 is 5.97 Å². The molecule has 17 heavy (non-hydrogen) atoms. The van der Waals surface area contributed by atoms with Gasteiger partial charge >= 0.3 is 5.97 Å². The van der Waals surface area contributed by atoms with E-state index in [1.54, 1.807) is 7.11 Å². The first-order chi connectivity index (χ1) is 8.20. The summed E-state index contributed by atoms with van der Waals surface area (Å²) in [5.74, 6) is -0.190. The summed E-state index contributed by atoms with van der Waals surface area (Å²) in [5.41, 5.74) is 0.995. The average molecular weight is 229 g/mol. The summed E-state index contributed by atoms with van der Waals surface area (Å²) in [6, 6.07) is 11.7. The molecule has 0 heterocycles. The highest BCUT2D eigenvalue weighted by Crippen LogP contribution is 2.26. The molecule has 2 rings (SSSR count). The molecule has 0 aliphatic rings. The van der Waals surface area contributed by atoms with Crippen LogP contribution in [0.4, 0.5) is 0 Å². The molecule has 3 nitrogen and oxygen atoms in total. The fourth-order valence-electron chi connectivity index (χ4n) is 1.88. The zero-order valence-electron chi connectivity index (χ0n) is 9.60. The number of hydrogen-bond donors (Lipinski definition) is 0. The second-order valence-electron chi connectivity index (χ2n) is 3.89. The summed E-state index contributed by atoms with van der Waals surface area (Å²) in [5, 5.41) is 12.5. The van der Waals surface area contributed by atoms with Crippen LogP contribution >= 0.6 is 0 Å². The number of hydrogen-bond acceptors (Lipinski definition) is 2. The fourth-order valence-corrected chi connectivity index (χ4v) is 1.88. The van der Waals surface area contributed by atoms with Crippen LogP contribution in [-0.4, -0.2) is 13.1 Å². The topological polar surface area (TPSA) is 46.2 Å². The van der Waals surface area contributed by atoms with E-state index in [-0.39, 0.29) is 6.42 Å². The summed E-state index contributed by atoms with van der Waals surface area (Å²) in [6.07, 6.45) is 0.547. The van der Waals surface area contributed by atoms with Crippen LogP contribution in [0.3, 0.4) is 0 Å². The second-order valence-corrected chi connectivity index (χ2v) is 3.89. The highest BCUT2D eigenvalue weighted by atomic mass is 16.5. The Hall–Kier alpha value is -2.03. The number of methoxy groups -OCH3 is 1. The maximum Gasteiger partial charge on any atom is 0.355 e. The maximum absolute atomic E-state index is 10.4. The van der Waals surface area contributed by atoms with Crippen LogP contribution in [0.5, 0.6) is 5.75 Å². The third kappa shape index (κ3) is 2.56. The third-order valence-corrected chi connectivity index (χ3v) is 2.74. The molecule has 0 spiro atoms. The van der Waals surface area contributed by atoms with Crippen molar-refractivity contribution in [3.8, 4) is 5.75 Å². The number of aryl methyl sites for hydroxylation is 1. The van der Waals surface area contributed by atoms with Gasteiger partial charge < -0.3 is 4.74 Å². The zero-order chi connectivity index (χ0) is 12.3. The molecule has 3 heteroatoms. The van der Waals surface area contributed by atoms with Crippen molar-refractivity contribution in [3.05, 3.63) is 42.0 Å². The first-order valence-corrected chi connectivity index (χ1v) is 5.46. The highest BCUT2D eigenvalue weighted by Gasteiger charge is 2.04. The Labute approximate surface area is 99.6 Å². The molecule has 0 amide bonds. The summed E-state index contributed by atoms with van der Waals surface area (Å²) in [6.45, 7) is 0. The van der Waals surface area contributed by atoms with Crippen LogP contribution < -0.4 is 4.74 Å². The van der Waals surface area contributed by atoms with Crippen LogP contribution in [0, 0.1) is 0 Å². The lowest BCUT2D eigenvalue weighted by Crippen LogP contribution is -1.95. The van der Waals surface area contributed by atoms with Gasteiger partial charge in [0.1, 0.15) is 5.75 Å². The van der Waals surface area contributed by atoms with E-state index in [1.807, 2.05) is 36.4 Å². The number of carbonyl (C=O) groups is 1. The third-order valence-electron chi connectivity index (χ3n) is 2.74. The van der Waals surface area contributed by atoms with Gasteiger partial charge in [0.05, 0.1) is 13.5 Å². The van der Waals surface area contributed by atoms with Crippen molar-refractivity contribution in [1.29, 1.82) is 0 Å². The normalized spacial score (nSPS) is 10.4. The molecule has 0 fully saturated rings. The Balaban J connectivity index is 2.34. The Bertz CT molecular complexity index is 546. The van der Waals surface area contributed by atoms with Gasteiger partial charge in [-0.3, -0.25) is 0 Å². The van der Waals surface area contributed by atoms with Crippen LogP contribution in [0.1, 0.15) is 12.0 Å². The maximum atomic E-state index is 10.4. The highest BCUT2D eigenvalue weighted by molar-refractivity contribution is 5.88. The molecule has 0 aliphatic carbocycles. The van der Waals surface area contributed by atoms with Gasteiger partial charge in [0, 0.05) is 5.39 Å². The van der Waals surface area contributed by atoms with Gasteiger partial charge in [0.15, 0.2) is 0 Å². The van der Waals surface area contributed by atoms with Gasteiger partial charge in [-0.25, -0.2) is 9.90 Å². The van der Waals surface area contributed by atoms with Gasteiger partial charge in [-0.05, 0) is 23.4 Å². The molecule has 1 radical (unpaired) electrons. The first-order valence-electron chi connectivity index (χ1n) is 5.46. The molecule has 0 unspecified atom stereocenters. The van der Waals surface area contributed by atoms with Crippen LogP contribution in [0.25, 0.3) is 10.8 Å². The molecule has 0 aliphatic heterocycles. The smallest absolute Gasteiger partial charge is 0.355 e. The van der Waals surface area contributed by atoms with Crippen LogP contribution in [0.2, 0.25) is 0 Å². The first kappa shape index (κ1) is 11.5. The lowest BCUT2D eigenvalue weighted by atomic mass is 10.0. The molecule has 0 bridgehead atoms. The summed E-state index contributed by atoms with van der Waals surface area (Å²) in [4.78, 5) is 10.4. The summed E-state index contributed by atoms with van der Waals surface area (Å²) in [7, 11) is 1.64. The molecule has 0 saturated heterocycles. The fraction of sp³-hybridized carbons (Fsp3) is 0.214. The van der Waals surface area contributed by atoms with Crippen molar-refractivity contribution in [2.45, 2.75) is 12.8 Å². The van der Waals surface area contributed by atoms with Crippen molar-refractivity contribution in [1.82, 2.24) is 0 Å². The van der Waals surface area contributed by atoms with Gasteiger partial charge in [-0.1, -0.05) is 30.3 Å². The van der Waals surface area contributed by atoms with E-state index >= 15 is 0 Å². The largest absolute Gasteiger partial charge is 0.496 e. The lowest BCUT2D eigenvalue weighted by molar-refractivity contribution is -0.143. The lowest BCUT2D eigenvalue weighted by Gasteiger charge is -2.06. The minimum absolute atomic E-state index is 0.0511. The predicted molar refractivity (Wildman–Crippen MR) is 64.5 cm³/mol. The van der Waals surface area contributed by atoms with E-state index in [0.29, 0.717) is 6.42 Å². The van der Waals surface area contributed by atoms with E-state index in [2.05, 4.69) is 0 Å². The Morgan fingerprint density at radius 1 is 1.24 bits per heavy atom. The summed E-state index contributed by atoms with van der Waals surface area (Å²) < 4.78 is 5.26. The zero-order valence-corrected chi connectivity index (χ0v) is 9.60. The number of fused-ring (bicyclic) bond motifs is 1. The molecule has 0 atom stereocenters. The Kier molecular flexibility index (Phi) is 3.28. The van der Waals surface area contributed by atoms with E-state index in [1.165, 1.54) is 0 Å². The number of benzene rings is 2. The molecule has 0 aromatic heterocycles. The van der Waals surface area contributed by atoms with Gasteiger partial charge in [0.25, 0.3) is 0 Å². The predicted octanol–water partition coefficient (Wildman–Crippen LogP) is 2.74. The quantitative estimate of drug-likeness (QED) is 0.809. The summed E-state index contributed by atoms with van der Waals surface area (Å²) >= 11 is 0. The SMILES string of the molecule is COc1cccc2cc(CCC([O])=O)ccc12. The number of rotatable bonds is 4. The number of ether oxygens (including phenoxy) is 1. The van der Waals surface area contributed by atoms with Crippen molar-refractivity contribution < 1.29 is 14.6 Å². The monoisotopic (exact) mass is 229 g/mol. The molecule has 87 valence electrons. The van der Waals surface area contributed by atoms with Crippen molar-refractivity contribution in [2.75, 3.05) is 7.11 Å². The van der Waals surface area contributed by atoms with Gasteiger partial charge in [-0.2, -0.15) is 0 Å². The van der Waals surface area contributed by atoms with Gasteiger partial charge in [0.2, 0.25) is 0 Å². The van der Waals surface area contributed by atoms with E-state index in [0.717, 1.165) is 22.1 Å².